The topological polar surface area (TPSA) is 76.3 Å². The summed E-state index contributed by atoms with van der Waals surface area (Å²) in [5.41, 5.74) is 0.459. The summed E-state index contributed by atoms with van der Waals surface area (Å²) in [7, 11) is 1.68. The summed E-state index contributed by atoms with van der Waals surface area (Å²) < 4.78 is 5.68. The number of carbonyl (C=O) groups is 2. The van der Waals surface area contributed by atoms with Gasteiger partial charge in [-0.1, -0.05) is 59.8 Å². The molecule has 31 heavy (non-hydrogen) atoms. The summed E-state index contributed by atoms with van der Waals surface area (Å²) in [6, 6.07) is 16.7. The highest BCUT2D eigenvalue weighted by Crippen LogP contribution is 2.42. The van der Waals surface area contributed by atoms with Gasteiger partial charge in [0.05, 0.1) is 5.75 Å². The number of benzene rings is 2. The zero-order valence-corrected chi connectivity index (χ0v) is 18.7. The summed E-state index contributed by atoms with van der Waals surface area (Å²) in [5, 5.41) is 8.88. The second kappa shape index (κ2) is 9.24. The van der Waals surface area contributed by atoms with Crippen molar-refractivity contribution in [3.63, 3.8) is 0 Å². The van der Waals surface area contributed by atoms with Crippen molar-refractivity contribution in [3.05, 3.63) is 65.2 Å². The summed E-state index contributed by atoms with van der Waals surface area (Å²) in [6.07, 6.45) is 2.67. The van der Waals surface area contributed by atoms with Crippen molar-refractivity contribution in [3.8, 4) is 11.5 Å². The second-order valence-corrected chi connectivity index (χ2v) is 8.78. The molecule has 1 aliphatic rings. The molecule has 1 aliphatic carbocycles. The first-order valence-electron chi connectivity index (χ1n) is 10.1. The minimum absolute atomic E-state index is 0.0249. The van der Waals surface area contributed by atoms with E-state index in [-0.39, 0.29) is 17.4 Å². The van der Waals surface area contributed by atoms with E-state index < -0.39 is 5.54 Å². The summed E-state index contributed by atoms with van der Waals surface area (Å²) in [6.45, 7) is 0. The Balaban J connectivity index is 1.52. The molecule has 4 rings (SSSR count). The zero-order chi connectivity index (χ0) is 21.8. The third-order valence-electron chi connectivity index (χ3n) is 5.67. The Morgan fingerprint density at radius 2 is 1.87 bits per heavy atom. The lowest BCUT2D eigenvalue weighted by Crippen LogP contribution is -2.54. The molecular formula is C23H22ClN3O3S. The van der Waals surface area contributed by atoms with Crippen LogP contribution < -0.4 is 0 Å². The Hall–Kier alpha value is -2.64. The van der Waals surface area contributed by atoms with Gasteiger partial charge in [-0.05, 0) is 37.5 Å². The Morgan fingerprint density at radius 3 is 2.61 bits per heavy atom. The third kappa shape index (κ3) is 4.25. The largest absolute Gasteiger partial charge is 0.411 e. The van der Waals surface area contributed by atoms with Crippen LogP contribution >= 0.6 is 23.4 Å². The van der Waals surface area contributed by atoms with Gasteiger partial charge in [0, 0.05) is 29.6 Å². The van der Waals surface area contributed by atoms with Crippen LogP contribution in [-0.4, -0.2) is 39.6 Å². The van der Waals surface area contributed by atoms with Crippen molar-refractivity contribution in [1.82, 2.24) is 15.1 Å². The maximum Gasteiger partial charge on any atom is 0.277 e. The monoisotopic (exact) mass is 455 g/mol. The predicted molar refractivity (Wildman–Crippen MR) is 120 cm³/mol. The van der Waals surface area contributed by atoms with Gasteiger partial charge in [-0.25, -0.2) is 0 Å². The predicted octanol–water partition coefficient (Wildman–Crippen LogP) is 4.98. The summed E-state index contributed by atoms with van der Waals surface area (Å²) in [4.78, 5) is 27.8. The normalized spacial score (nSPS) is 18.7. The molecule has 0 unspecified atom stereocenters. The summed E-state index contributed by atoms with van der Waals surface area (Å²) >= 11 is 7.63. The molecule has 2 aromatic carbocycles. The molecule has 0 saturated heterocycles. The number of hydrogen-bond acceptors (Lipinski definition) is 6. The number of thioether (sulfide) groups is 1. The van der Waals surface area contributed by atoms with Crippen LogP contribution in [0.4, 0.5) is 0 Å². The maximum atomic E-state index is 13.1. The lowest BCUT2D eigenvalue weighted by atomic mass is 9.74. The minimum Gasteiger partial charge on any atom is -0.411 e. The van der Waals surface area contributed by atoms with E-state index in [9.17, 15) is 9.59 Å². The molecule has 0 radical (unpaired) electrons. The first-order valence-corrected chi connectivity index (χ1v) is 11.5. The Morgan fingerprint density at radius 1 is 1.13 bits per heavy atom. The number of likely N-dealkylation sites (N-methyl/N-ethyl adjacent to an activating group) is 1. The molecular weight excluding hydrogens is 434 g/mol. The fourth-order valence-corrected chi connectivity index (χ4v) is 5.00. The van der Waals surface area contributed by atoms with Crippen molar-refractivity contribution in [2.45, 2.75) is 36.4 Å². The number of Topliss-reactive ketones (excluding diaryl/α,β-unsaturated/α-hetero) is 1. The highest BCUT2D eigenvalue weighted by Gasteiger charge is 2.47. The van der Waals surface area contributed by atoms with Gasteiger partial charge in [0.25, 0.3) is 5.22 Å². The fraction of sp³-hybridized carbons (Fsp3) is 0.304. The molecule has 3 aromatic rings. The van der Waals surface area contributed by atoms with E-state index in [1.165, 1.54) is 0 Å². The number of carbonyl (C=O) groups excluding carboxylic acids is 2. The van der Waals surface area contributed by atoms with Crippen LogP contribution in [0.25, 0.3) is 11.5 Å². The minimum atomic E-state index is -1.04. The molecule has 0 N–H and O–H groups in total. The van der Waals surface area contributed by atoms with Crippen LogP contribution in [0.3, 0.4) is 0 Å². The van der Waals surface area contributed by atoms with Gasteiger partial charge >= 0.3 is 0 Å². The van der Waals surface area contributed by atoms with Crippen LogP contribution in [0.15, 0.2) is 64.2 Å². The highest BCUT2D eigenvalue weighted by molar-refractivity contribution is 7.99. The van der Waals surface area contributed by atoms with E-state index in [1.807, 2.05) is 48.5 Å². The molecule has 0 bridgehead atoms. The number of ketones is 1. The van der Waals surface area contributed by atoms with Crippen LogP contribution in [0, 0.1) is 0 Å². The van der Waals surface area contributed by atoms with Gasteiger partial charge in [-0.15, -0.1) is 10.2 Å². The molecule has 1 aromatic heterocycles. The van der Waals surface area contributed by atoms with Crippen LogP contribution in [-0.2, 0) is 15.1 Å². The van der Waals surface area contributed by atoms with Crippen LogP contribution in [0.2, 0.25) is 5.02 Å². The Labute approximate surface area is 190 Å². The van der Waals surface area contributed by atoms with Crippen molar-refractivity contribution < 1.29 is 14.0 Å². The van der Waals surface area contributed by atoms with Gasteiger partial charge in [0.1, 0.15) is 5.54 Å². The van der Waals surface area contributed by atoms with Crippen LogP contribution in [0.1, 0.15) is 31.2 Å². The van der Waals surface area contributed by atoms with Gasteiger partial charge in [-0.2, -0.15) is 0 Å². The molecule has 1 amide bonds. The molecule has 8 heteroatoms. The number of aromatic nitrogens is 2. The Bertz CT molecular complexity index is 1090. The van der Waals surface area contributed by atoms with E-state index in [0.29, 0.717) is 34.5 Å². The van der Waals surface area contributed by atoms with E-state index in [1.54, 1.807) is 18.0 Å². The molecule has 1 heterocycles. The number of amides is 1. The average Bonchev–Trinajstić information content (AvgIpc) is 3.28. The first-order chi connectivity index (χ1) is 15.0. The fourth-order valence-electron chi connectivity index (χ4n) is 4.03. The van der Waals surface area contributed by atoms with Crippen molar-refractivity contribution in [1.29, 1.82) is 0 Å². The lowest BCUT2D eigenvalue weighted by molar-refractivity contribution is -0.146. The highest BCUT2D eigenvalue weighted by atomic mass is 35.5. The quantitative estimate of drug-likeness (QED) is 0.488. The SMILES string of the molecule is CN(C(=O)CSc1nnc(-c2ccccc2)o1)[C@@]1(c2ccccc2Cl)CCCCC1=O. The van der Waals surface area contributed by atoms with Gasteiger partial charge < -0.3 is 9.32 Å². The second-order valence-electron chi connectivity index (χ2n) is 7.45. The number of nitrogens with zero attached hydrogens (tertiary/aromatic N) is 3. The first kappa shape index (κ1) is 21.6. The standard InChI is InChI=1S/C23H22ClN3O3S/c1-27(23(14-8-7-13-19(23)28)17-11-5-6-12-18(17)24)20(29)15-31-22-26-25-21(30-22)16-9-3-2-4-10-16/h2-6,9-12H,7-8,13-15H2,1H3/t23-/m1/s1. The molecule has 1 saturated carbocycles. The Kier molecular flexibility index (Phi) is 6.43. The van der Waals surface area contributed by atoms with E-state index in [2.05, 4.69) is 10.2 Å². The lowest BCUT2D eigenvalue weighted by Gasteiger charge is -2.44. The third-order valence-corrected chi connectivity index (χ3v) is 6.80. The molecule has 0 aliphatic heterocycles. The smallest absolute Gasteiger partial charge is 0.277 e. The van der Waals surface area contributed by atoms with Gasteiger partial charge in [0.15, 0.2) is 5.78 Å². The van der Waals surface area contributed by atoms with E-state index in [4.69, 9.17) is 16.0 Å². The van der Waals surface area contributed by atoms with Crippen LogP contribution in [0.5, 0.6) is 0 Å². The number of halogens is 1. The molecule has 1 fully saturated rings. The van der Waals surface area contributed by atoms with E-state index >= 15 is 0 Å². The summed E-state index contributed by atoms with van der Waals surface area (Å²) in [5.74, 6) is 0.308. The zero-order valence-electron chi connectivity index (χ0n) is 17.1. The molecule has 0 spiro atoms. The van der Waals surface area contributed by atoms with Gasteiger partial charge in [-0.3, -0.25) is 9.59 Å². The number of rotatable bonds is 6. The molecule has 1 atom stereocenters. The van der Waals surface area contributed by atoms with E-state index in [0.717, 1.165) is 30.2 Å². The van der Waals surface area contributed by atoms with Gasteiger partial charge in [0.2, 0.25) is 11.8 Å². The maximum absolute atomic E-state index is 13.1. The number of hydrogen-bond donors (Lipinski definition) is 0. The van der Waals surface area contributed by atoms with Crippen molar-refractivity contribution in [2.75, 3.05) is 12.8 Å². The molecule has 6 nitrogen and oxygen atoms in total. The molecule has 160 valence electrons. The average molecular weight is 456 g/mol. The van der Waals surface area contributed by atoms with Crippen molar-refractivity contribution in [2.24, 2.45) is 0 Å². The van der Waals surface area contributed by atoms with Crippen molar-refractivity contribution >= 4 is 35.1 Å².